The third kappa shape index (κ3) is 13.7. The molecule has 0 aliphatic heterocycles. The summed E-state index contributed by atoms with van der Waals surface area (Å²) in [5, 5.41) is 13.9. The van der Waals surface area contributed by atoms with Gasteiger partial charge in [-0.15, -0.1) is 0 Å². The van der Waals surface area contributed by atoms with E-state index in [9.17, 15) is 14.7 Å². The first-order valence-corrected chi connectivity index (χ1v) is 17.2. The quantitative estimate of drug-likeness (QED) is 0.0580. The van der Waals surface area contributed by atoms with Crippen molar-refractivity contribution >= 4 is 23.5 Å². The van der Waals surface area contributed by atoms with Crippen LogP contribution in [-0.4, -0.2) is 42.4 Å². The average Bonchev–Trinajstić information content (AvgIpc) is 3.04. The lowest BCUT2D eigenvalue weighted by atomic mass is 9.93. The number of unbranched alkanes of at least 4 members (excludes halogenated alkanes) is 2. The van der Waals surface area contributed by atoms with E-state index in [4.69, 9.17) is 10.5 Å². The number of ether oxygens (including phenoxy) is 1. The van der Waals surface area contributed by atoms with Gasteiger partial charge < -0.3 is 20.9 Å². The topological polar surface area (TPSA) is 115 Å². The molecule has 0 spiro atoms. The molecule has 0 aliphatic rings. The van der Waals surface area contributed by atoms with Gasteiger partial charge in [-0.2, -0.15) is 0 Å². The largest absolute Gasteiger partial charge is 0.504 e. The third-order valence-electron chi connectivity index (χ3n) is 8.73. The van der Waals surface area contributed by atoms with Crippen molar-refractivity contribution in [2.45, 2.75) is 90.9 Å². The zero-order chi connectivity index (χ0) is 34.0. The van der Waals surface area contributed by atoms with Crippen LogP contribution < -0.4 is 15.8 Å². The Morgan fingerprint density at radius 3 is 2.45 bits per heavy atom. The van der Waals surface area contributed by atoms with Crippen LogP contribution in [0.1, 0.15) is 99.5 Å². The summed E-state index contributed by atoms with van der Waals surface area (Å²) in [5.74, 6) is 1.96. The molecule has 1 atom stereocenters. The number of nitrogen functional groups attached to an aromatic ring is 1. The summed E-state index contributed by atoms with van der Waals surface area (Å²) in [4.78, 5) is 29.8. The van der Waals surface area contributed by atoms with Crippen molar-refractivity contribution in [3.63, 3.8) is 0 Å². The lowest BCUT2D eigenvalue weighted by Crippen LogP contribution is -2.19. The molecule has 2 aromatic carbocycles. The van der Waals surface area contributed by atoms with E-state index in [1.165, 1.54) is 44.4 Å². The SMILES string of the molecule is CNCC(CCCCCC(=O)CC(=O)C=Cc1cc(OC)c(O)cc1Cc1cnc(N)cc1CCc1ccccc1)CCCC(C)C. The average molecular weight is 642 g/mol. The van der Waals surface area contributed by atoms with Gasteiger partial charge in [-0.3, -0.25) is 9.59 Å². The molecule has 7 heteroatoms. The Morgan fingerprint density at radius 2 is 1.72 bits per heavy atom. The van der Waals surface area contributed by atoms with Gasteiger partial charge in [0.2, 0.25) is 0 Å². The Balaban J connectivity index is 1.58. The number of aryl methyl sites for hydroxylation is 2. The number of carbonyl (C=O) groups is 2. The maximum atomic E-state index is 12.8. The minimum absolute atomic E-state index is 0.0169. The molecule has 0 fully saturated rings. The number of aromatic nitrogens is 1. The van der Waals surface area contributed by atoms with Gasteiger partial charge in [-0.1, -0.05) is 75.9 Å². The van der Waals surface area contributed by atoms with Crippen LogP contribution in [0.15, 0.2) is 60.8 Å². The van der Waals surface area contributed by atoms with Gasteiger partial charge in [0.25, 0.3) is 0 Å². The van der Waals surface area contributed by atoms with Gasteiger partial charge in [-0.05, 0) is 116 Å². The highest BCUT2D eigenvalue weighted by molar-refractivity contribution is 6.06. The summed E-state index contributed by atoms with van der Waals surface area (Å²) in [5.41, 5.74) is 10.9. The van der Waals surface area contributed by atoms with Crippen LogP contribution >= 0.6 is 0 Å². The maximum Gasteiger partial charge on any atom is 0.163 e. The molecule has 0 saturated heterocycles. The first-order valence-electron chi connectivity index (χ1n) is 17.2. The molecule has 0 saturated carbocycles. The van der Waals surface area contributed by atoms with E-state index >= 15 is 0 Å². The van der Waals surface area contributed by atoms with Crippen molar-refractivity contribution in [2.24, 2.45) is 11.8 Å². The number of phenols is 1. The summed E-state index contributed by atoms with van der Waals surface area (Å²) in [7, 11) is 3.51. The normalized spacial score (nSPS) is 12.1. The van der Waals surface area contributed by atoms with E-state index in [1.807, 2.05) is 31.3 Å². The highest BCUT2D eigenvalue weighted by Gasteiger charge is 2.14. The van der Waals surface area contributed by atoms with Crippen LogP contribution in [-0.2, 0) is 28.9 Å². The number of carbonyl (C=O) groups excluding carboxylic acids is 2. The fraction of sp³-hybridized carbons (Fsp3) is 0.475. The summed E-state index contributed by atoms with van der Waals surface area (Å²) < 4.78 is 5.35. The number of rotatable bonds is 22. The molecule has 1 aromatic heterocycles. The van der Waals surface area contributed by atoms with Crippen LogP contribution in [0.25, 0.3) is 6.08 Å². The van der Waals surface area contributed by atoms with E-state index in [2.05, 4.69) is 36.3 Å². The lowest BCUT2D eigenvalue weighted by molar-refractivity contribution is -0.124. The van der Waals surface area contributed by atoms with Crippen LogP contribution in [0.5, 0.6) is 11.5 Å². The van der Waals surface area contributed by atoms with Crippen LogP contribution in [0.4, 0.5) is 5.82 Å². The maximum absolute atomic E-state index is 12.8. The number of aromatic hydroxyl groups is 1. The molecular weight excluding hydrogens is 586 g/mol. The van der Waals surface area contributed by atoms with Crippen LogP contribution in [0, 0.1) is 11.8 Å². The fourth-order valence-corrected chi connectivity index (χ4v) is 6.07. The molecule has 0 amide bonds. The van der Waals surface area contributed by atoms with E-state index in [-0.39, 0.29) is 23.7 Å². The molecule has 0 bridgehead atoms. The summed E-state index contributed by atoms with van der Waals surface area (Å²) in [6, 6.07) is 15.6. The summed E-state index contributed by atoms with van der Waals surface area (Å²) in [6.07, 6.45) is 15.3. The van der Waals surface area contributed by atoms with Crippen molar-refractivity contribution in [2.75, 3.05) is 26.4 Å². The van der Waals surface area contributed by atoms with Crippen molar-refractivity contribution in [3.05, 3.63) is 88.6 Å². The first kappa shape index (κ1) is 37.5. The number of nitrogens with two attached hydrogens (primary N) is 1. The monoisotopic (exact) mass is 641 g/mol. The molecule has 1 unspecified atom stereocenters. The number of benzene rings is 2. The molecule has 3 aromatic rings. The molecule has 254 valence electrons. The number of allylic oxidation sites excluding steroid dienone is 1. The molecular formula is C40H55N3O4. The lowest BCUT2D eigenvalue weighted by Gasteiger charge is -2.17. The molecule has 3 rings (SSSR count). The third-order valence-corrected chi connectivity index (χ3v) is 8.73. The molecule has 0 radical (unpaired) electrons. The van der Waals surface area contributed by atoms with Gasteiger partial charge in [0.15, 0.2) is 17.3 Å². The standard InChI is InChI=1S/C40H55N3O4/c1-29(2)12-11-16-31(27-42-3)15-9-6-10-17-36(44)26-37(45)21-20-32-24-39(47-4)38(46)23-34(32)22-35-28-43-40(41)25-33(35)19-18-30-13-7-5-8-14-30/h5,7-8,13-14,20-21,23-25,28-29,31,42,46H,6,9-12,15-19,22,26-27H2,1-4H3,(H2,41,43). The van der Waals surface area contributed by atoms with E-state index in [1.54, 1.807) is 24.4 Å². The predicted octanol–water partition coefficient (Wildman–Crippen LogP) is 7.91. The Kier molecular flexibility index (Phi) is 16.2. The number of pyridine rings is 1. The van der Waals surface area contributed by atoms with Crippen molar-refractivity contribution in [1.82, 2.24) is 10.3 Å². The first-order chi connectivity index (χ1) is 22.7. The van der Waals surface area contributed by atoms with Gasteiger partial charge in [0.1, 0.15) is 11.6 Å². The van der Waals surface area contributed by atoms with Gasteiger partial charge in [0.05, 0.1) is 13.5 Å². The number of anilines is 1. The second-order valence-electron chi connectivity index (χ2n) is 13.1. The number of ketones is 2. The number of Topliss-reactive ketones (excluding diaryl/α,β-unsaturated/α-hetero) is 1. The Bertz CT molecular complexity index is 1430. The zero-order valence-electron chi connectivity index (χ0n) is 28.9. The Hall–Kier alpha value is -3.97. The van der Waals surface area contributed by atoms with Crippen molar-refractivity contribution in [1.29, 1.82) is 0 Å². The van der Waals surface area contributed by atoms with E-state index in [0.29, 0.717) is 30.3 Å². The number of hydrogen-bond acceptors (Lipinski definition) is 7. The van der Waals surface area contributed by atoms with Gasteiger partial charge >= 0.3 is 0 Å². The number of hydrogen-bond donors (Lipinski definition) is 3. The van der Waals surface area contributed by atoms with E-state index in [0.717, 1.165) is 66.8 Å². The van der Waals surface area contributed by atoms with Crippen LogP contribution in [0.3, 0.4) is 0 Å². The Morgan fingerprint density at radius 1 is 0.957 bits per heavy atom. The van der Waals surface area contributed by atoms with Gasteiger partial charge in [-0.25, -0.2) is 4.98 Å². The summed E-state index contributed by atoms with van der Waals surface area (Å²) in [6.45, 7) is 5.59. The zero-order valence-corrected chi connectivity index (χ0v) is 28.9. The predicted molar refractivity (Wildman–Crippen MR) is 193 cm³/mol. The molecule has 7 nitrogen and oxygen atoms in total. The molecule has 4 N–H and O–H groups in total. The second-order valence-corrected chi connectivity index (χ2v) is 13.1. The minimum Gasteiger partial charge on any atom is -0.504 e. The smallest absolute Gasteiger partial charge is 0.163 e. The molecule has 47 heavy (non-hydrogen) atoms. The second kappa shape index (κ2) is 20.3. The number of nitrogens with zero attached hydrogens (tertiary/aromatic N) is 1. The minimum atomic E-state index is -0.232. The number of methoxy groups -OCH3 is 1. The molecule has 1 heterocycles. The molecule has 0 aliphatic carbocycles. The van der Waals surface area contributed by atoms with Crippen molar-refractivity contribution in [3.8, 4) is 11.5 Å². The fourth-order valence-electron chi connectivity index (χ4n) is 6.07. The van der Waals surface area contributed by atoms with Gasteiger partial charge in [0, 0.05) is 12.6 Å². The van der Waals surface area contributed by atoms with Crippen LogP contribution in [0.2, 0.25) is 0 Å². The summed E-state index contributed by atoms with van der Waals surface area (Å²) >= 11 is 0. The van der Waals surface area contributed by atoms with Crippen molar-refractivity contribution < 1.29 is 19.4 Å². The number of phenolic OH excluding ortho intramolecular Hbond substituents is 1. The Labute approximate surface area is 282 Å². The number of nitrogens with one attached hydrogen (secondary N) is 1. The van der Waals surface area contributed by atoms with E-state index < -0.39 is 0 Å². The highest BCUT2D eigenvalue weighted by Crippen LogP contribution is 2.32. The highest BCUT2D eigenvalue weighted by atomic mass is 16.5.